The normalized spacial score (nSPS) is 10.7. The molecule has 3 aromatic rings. The van der Waals surface area contributed by atoms with E-state index in [4.69, 9.17) is 5.73 Å². The van der Waals surface area contributed by atoms with Gasteiger partial charge in [0.15, 0.2) is 5.13 Å². The number of nitrogens with zero attached hydrogens (tertiary/aromatic N) is 1. The highest BCUT2D eigenvalue weighted by molar-refractivity contribution is 7.22. The van der Waals surface area contributed by atoms with Crippen molar-refractivity contribution in [1.82, 2.24) is 4.98 Å². The van der Waals surface area contributed by atoms with Crippen LogP contribution < -0.4 is 11.1 Å². The summed E-state index contributed by atoms with van der Waals surface area (Å²) in [6.07, 6.45) is 0. The second-order valence-electron chi connectivity index (χ2n) is 4.17. The number of rotatable bonds is 2. The summed E-state index contributed by atoms with van der Waals surface area (Å²) in [4.78, 5) is 16.4. The van der Waals surface area contributed by atoms with Crippen LogP contribution in [-0.4, -0.2) is 10.9 Å². The molecule has 0 unspecified atom stereocenters. The first-order valence-electron chi connectivity index (χ1n) is 5.85. The third-order valence-electron chi connectivity index (χ3n) is 2.77. The Labute approximate surface area is 118 Å². The van der Waals surface area contributed by atoms with Crippen LogP contribution in [0.2, 0.25) is 0 Å². The lowest BCUT2D eigenvalue weighted by atomic mass is 10.1. The summed E-state index contributed by atoms with van der Waals surface area (Å²) in [6, 6.07) is 11.2. The molecule has 0 fully saturated rings. The Kier molecular flexibility index (Phi) is 3.08. The van der Waals surface area contributed by atoms with Crippen molar-refractivity contribution in [2.75, 3.05) is 11.1 Å². The van der Waals surface area contributed by atoms with Gasteiger partial charge in [0.05, 0.1) is 15.8 Å². The second kappa shape index (κ2) is 4.90. The number of para-hydroxylation sites is 1. The van der Waals surface area contributed by atoms with Crippen molar-refractivity contribution in [3.8, 4) is 0 Å². The number of hydrogen-bond donors (Lipinski definition) is 2. The molecule has 20 heavy (non-hydrogen) atoms. The minimum Gasteiger partial charge on any atom is -0.398 e. The van der Waals surface area contributed by atoms with Gasteiger partial charge in [0.25, 0.3) is 5.91 Å². The number of amides is 1. The van der Waals surface area contributed by atoms with E-state index >= 15 is 0 Å². The zero-order chi connectivity index (χ0) is 14.1. The van der Waals surface area contributed by atoms with Crippen molar-refractivity contribution in [3.05, 3.63) is 53.8 Å². The molecule has 0 aliphatic heterocycles. The Morgan fingerprint density at radius 2 is 2.05 bits per heavy atom. The predicted octanol–water partition coefficient (Wildman–Crippen LogP) is 3.27. The van der Waals surface area contributed by atoms with E-state index < -0.39 is 11.7 Å². The van der Waals surface area contributed by atoms with E-state index in [1.165, 1.54) is 23.5 Å². The van der Waals surface area contributed by atoms with Crippen LogP contribution in [0.25, 0.3) is 10.2 Å². The zero-order valence-corrected chi connectivity index (χ0v) is 11.1. The summed E-state index contributed by atoms with van der Waals surface area (Å²) in [6.45, 7) is 0. The van der Waals surface area contributed by atoms with Crippen molar-refractivity contribution in [1.29, 1.82) is 0 Å². The molecule has 0 saturated heterocycles. The molecule has 0 atom stereocenters. The molecule has 3 rings (SSSR count). The van der Waals surface area contributed by atoms with Crippen molar-refractivity contribution < 1.29 is 9.18 Å². The smallest absolute Gasteiger partial charge is 0.259 e. The predicted molar refractivity (Wildman–Crippen MR) is 78.4 cm³/mol. The molecule has 0 spiro atoms. The van der Waals surface area contributed by atoms with Crippen LogP contribution in [0.15, 0.2) is 42.5 Å². The quantitative estimate of drug-likeness (QED) is 0.711. The van der Waals surface area contributed by atoms with E-state index in [0.717, 1.165) is 16.3 Å². The van der Waals surface area contributed by atoms with Gasteiger partial charge < -0.3 is 5.73 Å². The number of fused-ring (bicyclic) bond motifs is 1. The summed E-state index contributed by atoms with van der Waals surface area (Å²) in [5.74, 6) is -0.977. The molecule has 100 valence electrons. The van der Waals surface area contributed by atoms with Gasteiger partial charge in [0, 0.05) is 5.69 Å². The van der Waals surface area contributed by atoms with Crippen LogP contribution in [0, 0.1) is 5.82 Å². The molecule has 0 saturated carbocycles. The summed E-state index contributed by atoms with van der Waals surface area (Å²) in [5.41, 5.74) is 6.81. The lowest BCUT2D eigenvalue weighted by Crippen LogP contribution is -2.14. The number of carbonyl (C=O) groups excluding carboxylic acids is 1. The first-order chi connectivity index (χ1) is 9.63. The third kappa shape index (κ3) is 2.33. The zero-order valence-electron chi connectivity index (χ0n) is 10.3. The molecule has 1 aromatic heterocycles. The molecule has 0 bridgehead atoms. The minimum absolute atomic E-state index is 0.101. The van der Waals surface area contributed by atoms with Gasteiger partial charge >= 0.3 is 0 Å². The van der Waals surface area contributed by atoms with Gasteiger partial charge in [-0.15, -0.1) is 0 Å². The highest BCUT2D eigenvalue weighted by Gasteiger charge is 2.13. The van der Waals surface area contributed by atoms with Gasteiger partial charge in [-0.3, -0.25) is 10.1 Å². The Morgan fingerprint density at radius 1 is 1.25 bits per heavy atom. The number of nitrogens with one attached hydrogen (secondary N) is 1. The number of anilines is 2. The fourth-order valence-electron chi connectivity index (χ4n) is 1.82. The van der Waals surface area contributed by atoms with Crippen LogP contribution in [0.3, 0.4) is 0 Å². The van der Waals surface area contributed by atoms with Crippen LogP contribution in [0.1, 0.15) is 10.4 Å². The van der Waals surface area contributed by atoms with Gasteiger partial charge in [-0.05, 0) is 30.3 Å². The molecule has 1 heterocycles. The maximum absolute atomic E-state index is 13.2. The maximum Gasteiger partial charge on any atom is 0.259 e. The van der Waals surface area contributed by atoms with E-state index in [-0.39, 0.29) is 11.3 Å². The maximum atomic E-state index is 13.2. The molecular formula is C14H10FN3OS. The SMILES string of the molecule is Nc1ccc(F)cc1C(=O)Nc1nc2ccccc2s1. The van der Waals surface area contributed by atoms with Crippen LogP contribution >= 0.6 is 11.3 Å². The summed E-state index contributed by atoms with van der Waals surface area (Å²) in [7, 11) is 0. The molecule has 2 aromatic carbocycles. The average molecular weight is 287 g/mol. The standard InChI is InChI=1S/C14H10FN3OS/c15-8-5-6-10(16)9(7-8)13(19)18-14-17-11-3-1-2-4-12(11)20-14/h1-7H,16H2,(H,17,18,19). The first-order valence-corrected chi connectivity index (χ1v) is 6.67. The summed E-state index contributed by atoms with van der Waals surface area (Å²) in [5, 5.41) is 3.10. The number of carbonyl (C=O) groups is 1. The Morgan fingerprint density at radius 3 is 2.85 bits per heavy atom. The lowest BCUT2D eigenvalue weighted by Gasteiger charge is -2.04. The molecule has 0 aliphatic carbocycles. The summed E-state index contributed by atoms with van der Waals surface area (Å²) < 4.78 is 14.1. The molecule has 1 amide bonds. The van der Waals surface area contributed by atoms with E-state index in [2.05, 4.69) is 10.3 Å². The second-order valence-corrected chi connectivity index (χ2v) is 5.20. The number of halogens is 1. The molecular weight excluding hydrogens is 277 g/mol. The van der Waals surface area contributed by atoms with Gasteiger partial charge in [-0.1, -0.05) is 23.5 Å². The van der Waals surface area contributed by atoms with Crippen LogP contribution in [0.4, 0.5) is 15.2 Å². The first kappa shape index (κ1) is 12.6. The van der Waals surface area contributed by atoms with Crippen LogP contribution in [-0.2, 0) is 0 Å². The van der Waals surface area contributed by atoms with E-state index in [9.17, 15) is 9.18 Å². The van der Waals surface area contributed by atoms with E-state index in [0.29, 0.717) is 5.13 Å². The minimum atomic E-state index is -0.506. The van der Waals surface area contributed by atoms with Gasteiger partial charge in [-0.25, -0.2) is 9.37 Å². The Balaban J connectivity index is 1.90. The topological polar surface area (TPSA) is 68.0 Å². The number of aromatic nitrogens is 1. The summed E-state index contributed by atoms with van der Waals surface area (Å²) >= 11 is 1.35. The molecule has 3 N–H and O–H groups in total. The van der Waals surface area contributed by atoms with Gasteiger partial charge in [0.2, 0.25) is 0 Å². The highest BCUT2D eigenvalue weighted by atomic mass is 32.1. The third-order valence-corrected chi connectivity index (χ3v) is 3.73. The van der Waals surface area contributed by atoms with Crippen LogP contribution in [0.5, 0.6) is 0 Å². The number of benzene rings is 2. The average Bonchev–Trinajstić information content (AvgIpc) is 2.83. The highest BCUT2D eigenvalue weighted by Crippen LogP contribution is 2.26. The van der Waals surface area contributed by atoms with E-state index in [1.807, 2.05) is 24.3 Å². The molecule has 4 nitrogen and oxygen atoms in total. The van der Waals surface area contributed by atoms with Crippen molar-refractivity contribution in [3.63, 3.8) is 0 Å². The Bertz CT molecular complexity index is 767. The lowest BCUT2D eigenvalue weighted by molar-refractivity contribution is 0.102. The van der Waals surface area contributed by atoms with Gasteiger partial charge in [0.1, 0.15) is 5.82 Å². The number of hydrogen-bond acceptors (Lipinski definition) is 4. The van der Waals surface area contributed by atoms with Crippen molar-refractivity contribution in [2.45, 2.75) is 0 Å². The van der Waals surface area contributed by atoms with Gasteiger partial charge in [-0.2, -0.15) is 0 Å². The van der Waals surface area contributed by atoms with E-state index in [1.54, 1.807) is 0 Å². The Hall–Kier alpha value is -2.47. The number of nitrogens with two attached hydrogens (primary N) is 1. The number of thiazole rings is 1. The fourth-order valence-corrected chi connectivity index (χ4v) is 2.68. The fraction of sp³-hybridized carbons (Fsp3) is 0. The monoisotopic (exact) mass is 287 g/mol. The van der Waals surface area contributed by atoms with Crippen molar-refractivity contribution >= 4 is 38.3 Å². The largest absolute Gasteiger partial charge is 0.398 e. The molecule has 6 heteroatoms. The number of nitrogen functional groups attached to an aromatic ring is 1. The molecule has 0 aliphatic rings. The van der Waals surface area contributed by atoms with Crippen molar-refractivity contribution in [2.24, 2.45) is 0 Å². The molecule has 0 radical (unpaired) electrons.